The third-order valence-electron chi connectivity index (χ3n) is 7.61. The Kier molecular flexibility index (Phi) is 13.8. The zero-order valence-corrected chi connectivity index (χ0v) is 26.8. The molecule has 1 heterocycles. The van der Waals surface area contributed by atoms with E-state index in [0.717, 1.165) is 12.8 Å². The Labute approximate surface area is 275 Å². The average Bonchev–Trinajstić information content (AvgIpc) is 3.07. The van der Waals surface area contributed by atoms with E-state index in [0.29, 0.717) is 61.2 Å². The van der Waals surface area contributed by atoms with Gasteiger partial charge in [-0.25, -0.2) is 4.79 Å². The number of ether oxygens (including phenoxy) is 3. The van der Waals surface area contributed by atoms with Gasteiger partial charge in [0.05, 0.1) is 31.9 Å². The second-order valence-corrected chi connectivity index (χ2v) is 11.4. The number of amides is 2. The number of esters is 1. The number of benzene rings is 3. The number of morpholine rings is 1. The summed E-state index contributed by atoms with van der Waals surface area (Å²) in [6, 6.07) is 19.7. The van der Waals surface area contributed by atoms with Crippen molar-refractivity contribution in [2.75, 3.05) is 51.3 Å². The summed E-state index contributed by atoms with van der Waals surface area (Å²) in [7, 11) is 0. The van der Waals surface area contributed by atoms with Crippen LogP contribution in [-0.2, 0) is 20.9 Å². The molecule has 0 unspecified atom stereocenters. The minimum atomic E-state index is -1.15. The van der Waals surface area contributed by atoms with Gasteiger partial charge in [0.25, 0.3) is 5.91 Å². The van der Waals surface area contributed by atoms with Gasteiger partial charge in [0.15, 0.2) is 0 Å². The van der Waals surface area contributed by atoms with Crippen LogP contribution in [0.2, 0.25) is 0 Å². The Hall–Kier alpha value is -4.74. The molecule has 2 amide bonds. The molecule has 0 bridgehead atoms. The molecular weight excluding hydrogens is 602 g/mol. The number of carbonyl (C=O) groups is 4. The molecule has 3 aromatic rings. The smallest absolute Gasteiger partial charge is 0.343 e. The fourth-order valence-electron chi connectivity index (χ4n) is 5.04. The fourth-order valence-corrected chi connectivity index (χ4v) is 5.04. The molecule has 0 atom stereocenters. The van der Waals surface area contributed by atoms with E-state index in [2.05, 4.69) is 12.2 Å². The lowest BCUT2D eigenvalue weighted by atomic mass is 10.1. The first-order valence-electron chi connectivity index (χ1n) is 16.1. The number of rotatable bonds is 17. The molecule has 0 radical (unpaired) electrons. The summed E-state index contributed by atoms with van der Waals surface area (Å²) in [5.41, 5.74) is 1.85. The molecule has 0 aromatic heterocycles. The van der Waals surface area contributed by atoms with Crippen molar-refractivity contribution >= 4 is 29.4 Å². The van der Waals surface area contributed by atoms with Gasteiger partial charge in [-0.3, -0.25) is 19.3 Å². The van der Waals surface area contributed by atoms with Gasteiger partial charge in [-0.05, 0) is 72.6 Å². The molecule has 1 aliphatic rings. The van der Waals surface area contributed by atoms with Gasteiger partial charge in [0.2, 0.25) is 5.91 Å². The fraction of sp³-hybridized carbons (Fsp3) is 0.389. The van der Waals surface area contributed by atoms with Gasteiger partial charge in [-0.1, -0.05) is 44.7 Å². The Bertz CT molecular complexity index is 1450. The Morgan fingerprint density at radius 3 is 2.13 bits per heavy atom. The molecule has 0 saturated carbocycles. The zero-order valence-electron chi connectivity index (χ0n) is 26.8. The lowest BCUT2D eigenvalue weighted by Gasteiger charge is -2.25. The number of hydrogen-bond donors (Lipinski definition) is 2. The molecule has 0 spiro atoms. The van der Waals surface area contributed by atoms with Crippen LogP contribution in [0.3, 0.4) is 0 Å². The molecule has 1 fully saturated rings. The van der Waals surface area contributed by atoms with Crippen LogP contribution in [0, 0.1) is 0 Å². The molecule has 3 aromatic carbocycles. The number of hydrogen-bond acceptors (Lipinski definition) is 8. The monoisotopic (exact) mass is 645 g/mol. The van der Waals surface area contributed by atoms with E-state index in [1.165, 1.54) is 24.2 Å². The second kappa shape index (κ2) is 18.4. The summed E-state index contributed by atoms with van der Waals surface area (Å²) in [6.07, 6.45) is 5.77. The Morgan fingerprint density at radius 1 is 0.830 bits per heavy atom. The molecule has 2 N–H and O–H groups in total. The van der Waals surface area contributed by atoms with Crippen molar-refractivity contribution in [3.63, 3.8) is 0 Å². The minimum Gasteiger partial charge on any atom is -0.494 e. The summed E-state index contributed by atoms with van der Waals surface area (Å²) >= 11 is 0. The van der Waals surface area contributed by atoms with Crippen LogP contribution in [0.25, 0.3) is 0 Å². The zero-order chi connectivity index (χ0) is 33.4. The second-order valence-electron chi connectivity index (χ2n) is 11.4. The number of carboxylic acid groups (broad SMARTS) is 1. The predicted octanol–water partition coefficient (Wildman–Crippen LogP) is 5.25. The quantitative estimate of drug-likeness (QED) is 0.115. The van der Waals surface area contributed by atoms with Gasteiger partial charge in [-0.15, -0.1) is 0 Å². The van der Waals surface area contributed by atoms with E-state index >= 15 is 0 Å². The van der Waals surface area contributed by atoms with Crippen molar-refractivity contribution in [1.29, 1.82) is 0 Å². The third-order valence-corrected chi connectivity index (χ3v) is 7.61. The van der Waals surface area contributed by atoms with Crippen molar-refractivity contribution in [2.24, 2.45) is 0 Å². The number of nitrogens with zero attached hydrogens (tertiary/aromatic N) is 2. The number of nitrogens with one attached hydrogen (secondary N) is 1. The first-order valence-corrected chi connectivity index (χ1v) is 16.1. The summed E-state index contributed by atoms with van der Waals surface area (Å²) in [6.45, 7) is 5.16. The van der Waals surface area contributed by atoms with Crippen LogP contribution in [0.15, 0.2) is 72.8 Å². The van der Waals surface area contributed by atoms with E-state index in [1.807, 2.05) is 4.90 Å². The number of anilines is 1. The molecule has 0 aliphatic carbocycles. The van der Waals surface area contributed by atoms with E-state index in [-0.39, 0.29) is 24.6 Å². The van der Waals surface area contributed by atoms with Gasteiger partial charge in [-0.2, -0.15) is 0 Å². The highest BCUT2D eigenvalue weighted by atomic mass is 16.5. The van der Waals surface area contributed by atoms with Crippen LogP contribution in [-0.4, -0.2) is 84.7 Å². The SMILES string of the molecule is CCCCCCCOc1ccc(C(=O)Oc2ccc(CN(CC(=O)O)C(=O)c3ccc(NC(=O)CN4CCOCC4)cc3)cc2)cc1. The number of unbranched alkanes of at least 4 members (excludes halogenated alkanes) is 4. The minimum absolute atomic E-state index is 0.0253. The van der Waals surface area contributed by atoms with Crippen LogP contribution < -0.4 is 14.8 Å². The lowest BCUT2D eigenvalue weighted by Crippen LogP contribution is -2.41. The Balaban J connectivity index is 1.28. The summed E-state index contributed by atoms with van der Waals surface area (Å²) in [5.74, 6) is -1.30. The molecule has 4 rings (SSSR count). The molecular formula is C36H43N3O8. The molecule has 47 heavy (non-hydrogen) atoms. The highest BCUT2D eigenvalue weighted by Gasteiger charge is 2.20. The average molecular weight is 646 g/mol. The van der Waals surface area contributed by atoms with Crippen LogP contribution in [0.5, 0.6) is 11.5 Å². The highest BCUT2D eigenvalue weighted by Crippen LogP contribution is 2.19. The molecule has 1 saturated heterocycles. The maximum absolute atomic E-state index is 13.3. The van der Waals surface area contributed by atoms with Crippen LogP contribution in [0.1, 0.15) is 65.3 Å². The number of carbonyl (C=O) groups excluding carboxylic acids is 3. The summed E-state index contributed by atoms with van der Waals surface area (Å²) in [4.78, 5) is 53.1. The van der Waals surface area contributed by atoms with Crippen LogP contribution >= 0.6 is 0 Å². The van der Waals surface area contributed by atoms with Crippen molar-refractivity contribution in [3.05, 3.63) is 89.5 Å². The standard InChI is InChI=1S/C36H43N3O8/c1-2-3-4-5-6-21-46-31-17-11-29(12-18-31)36(44)47-32-15-7-27(8-16-32)24-39(26-34(41)42)35(43)28-9-13-30(14-10-28)37-33(40)25-38-19-22-45-23-20-38/h7-18H,2-6,19-26H2,1H3,(H,37,40)(H,41,42). The molecule has 11 nitrogen and oxygen atoms in total. The molecule has 1 aliphatic heterocycles. The van der Waals surface area contributed by atoms with Crippen molar-refractivity contribution in [2.45, 2.75) is 45.6 Å². The highest BCUT2D eigenvalue weighted by molar-refractivity contribution is 5.97. The van der Waals surface area contributed by atoms with Crippen LogP contribution in [0.4, 0.5) is 5.69 Å². The third kappa shape index (κ3) is 11.8. The largest absolute Gasteiger partial charge is 0.494 e. The normalized spacial score (nSPS) is 13.0. The van der Waals surface area contributed by atoms with Crippen molar-refractivity contribution in [3.8, 4) is 11.5 Å². The maximum atomic E-state index is 13.3. The Morgan fingerprint density at radius 2 is 1.47 bits per heavy atom. The topological polar surface area (TPSA) is 135 Å². The van der Waals surface area contributed by atoms with Gasteiger partial charge in [0.1, 0.15) is 18.0 Å². The van der Waals surface area contributed by atoms with E-state index in [4.69, 9.17) is 14.2 Å². The van der Waals surface area contributed by atoms with E-state index in [9.17, 15) is 24.3 Å². The molecule has 11 heteroatoms. The van der Waals surface area contributed by atoms with Gasteiger partial charge < -0.3 is 29.5 Å². The van der Waals surface area contributed by atoms with Crippen molar-refractivity contribution < 1.29 is 38.5 Å². The first kappa shape index (κ1) is 35.1. The molecule has 250 valence electrons. The van der Waals surface area contributed by atoms with E-state index in [1.54, 1.807) is 72.8 Å². The first-order chi connectivity index (χ1) is 22.8. The number of carboxylic acids is 1. The van der Waals surface area contributed by atoms with Gasteiger partial charge in [0, 0.05) is 30.9 Å². The predicted molar refractivity (Wildman–Crippen MR) is 177 cm³/mol. The maximum Gasteiger partial charge on any atom is 0.343 e. The van der Waals surface area contributed by atoms with Crippen molar-refractivity contribution in [1.82, 2.24) is 9.80 Å². The van der Waals surface area contributed by atoms with E-state index < -0.39 is 24.4 Å². The lowest BCUT2D eigenvalue weighted by molar-refractivity contribution is -0.137. The number of aliphatic carboxylic acids is 1. The van der Waals surface area contributed by atoms with Gasteiger partial charge >= 0.3 is 11.9 Å². The summed E-state index contributed by atoms with van der Waals surface area (Å²) < 4.78 is 16.6. The summed E-state index contributed by atoms with van der Waals surface area (Å²) in [5, 5.41) is 12.3.